The highest BCUT2D eigenvalue weighted by Gasteiger charge is 2.11. The molecule has 0 unspecified atom stereocenters. The first-order valence-electron chi connectivity index (χ1n) is 4.38. The predicted molar refractivity (Wildman–Crippen MR) is 51.8 cm³/mol. The number of hydrogen-bond donors (Lipinski definition) is 1. The second-order valence-electron chi connectivity index (χ2n) is 3.37. The van der Waals surface area contributed by atoms with Gasteiger partial charge in [0.1, 0.15) is 11.5 Å². The van der Waals surface area contributed by atoms with Crippen LogP contribution in [0.25, 0.3) is 0 Å². The van der Waals surface area contributed by atoms with Gasteiger partial charge in [-0.25, -0.2) is 0 Å². The Kier molecular flexibility index (Phi) is 3.07. The summed E-state index contributed by atoms with van der Waals surface area (Å²) in [5.74, 6) is 0.519. The monoisotopic (exact) mass is 178 g/mol. The normalized spacial score (nSPS) is 12.5. The van der Waals surface area contributed by atoms with Crippen molar-refractivity contribution in [2.24, 2.45) is 0 Å². The molecule has 13 heavy (non-hydrogen) atoms. The van der Waals surface area contributed by atoms with Crippen LogP contribution in [0.5, 0.6) is 5.75 Å². The van der Waals surface area contributed by atoms with Gasteiger partial charge in [0.25, 0.3) is 0 Å². The molecule has 2 heteroatoms. The number of hydrogen-bond acceptors (Lipinski definition) is 2. The van der Waals surface area contributed by atoms with Gasteiger partial charge < -0.3 is 9.90 Å². The van der Waals surface area contributed by atoms with Crippen LogP contribution in [0.4, 0.5) is 0 Å². The van der Waals surface area contributed by atoms with E-state index in [0.717, 1.165) is 5.56 Å². The number of phenolic OH excluding ortho intramolecular Hbond substituents is 1. The highest BCUT2D eigenvalue weighted by Crippen LogP contribution is 2.27. The molecule has 1 rings (SSSR count). The smallest absolute Gasteiger partial charge is 0.130 e. The Morgan fingerprint density at radius 2 is 2.08 bits per heavy atom. The van der Waals surface area contributed by atoms with Crippen LogP contribution in [0.2, 0.25) is 0 Å². The van der Waals surface area contributed by atoms with E-state index in [1.807, 2.05) is 19.1 Å². The third-order valence-corrected chi connectivity index (χ3v) is 2.06. The molecule has 70 valence electrons. The average Bonchev–Trinajstić information content (AvgIpc) is 2.03. The number of benzene rings is 1. The van der Waals surface area contributed by atoms with Gasteiger partial charge in [0.05, 0.1) is 0 Å². The van der Waals surface area contributed by atoms with Crippen molar-refractivity contribution in [3.63, 3.8) is 0 Å². The van der Waals surface area contributed by atoms with Crippen LogP contribution < -0.4 is 0 Å². The van der Waals surface area contributed by atoms with Crippen LogP contribution in [0.1, 0.15) is 31.7 Å². The maximum absolute atomic E-state index is 10.9. The van der Waals surface area contributed by atoms with Crippen LogP contribution in [-0.4, -0.2) is 10.9 Å². The molecule has 0 radical (unpaired) electrons. The molecule has 2 nitrogen and oxygen atoms in total. The van der Waals surface area contributed by atoms with Crippen molar-refractivity contribution in [1.82, 2.24) is 0 Å². The second-order valence-corrected chi connectivity index (χ2v) is 3.37. The first-order valence-corrected chi connectivity index (χ1v) is 4.38. The average molecular weight is 178 g/mol. The number of carbonyl (C=O) groups excluding carboxylic acids is 1. The number of para-hydroxylation sites is 1. The summed E-state index contributed by atoms with van der Waals surface area (Å²) in [5, 5.41) is 9.48. The summed E-state index contributed by atoms with van der Waals surface area (Å²) in [6.45, 7) is 3.51. The lowest BCUT2D eigenvalue weighted by Gasteiger charge is -2.10. The van der Waals surface area contributed by atoms with Gasteiger partial charge in [-0.15, -0.1) is 0 Å². The van der Waals surface area contributed by atoms with Gasteiger partial charge in [-0.1, -0.05) is 25.1 Å². The minimum Gasteiger partial charge on any atom is -0.508 e. The number of rotatable bonds is 3. The predicted octanol–water partition coefficient (Wildman–Crippen LogP) is 2.47. The van der Waals surface area contributed by atoms with E-state index in [-0.39, 0.29) is 17.5 Å². The minimum atomic E-state index is 0.0960. The lowest BCUT2D eigenvalue weighted by molar-refractivity contribution is -0.117. The van der Waals surface area contributed by atoms with E-state index in [1.165, 1.54) is 0 Å². The molecule has 1 aromatic rings. The van der Waals surface area contributed by atoms with Gasteiger partial charge in [0, 0.05) is 6.42 Å². The molecule has 0 aliphatic carbocycles. The maximum Gasteiger partial charge on any atom is 0.130 e. The Labute approximate surface area is 78.2 Å². The van der Waals surface area contributed by atoms with E-state index in [4.69, 9.17) is 0 Å². The van der Waals surface area contributed by atoms with Crippen molar-refractivity contribution in [3.05, 3.63) is 29.8 Å². The van der Waals surface area contributed by atoms with Crippen LogP contribution in [0, 0.1) is 0 Å². The van der Waals surface area contributed by atoms with Gasteiger partial charge >= 0.3 is 0 Å². The van der Waals surface area contributed by atoms with Crippen molar-refractivity contribution in [2.75, 3.05) is 0 Å². The van der Waals surface area contributed by atoms with Crippen LogP contribution >= 0.6 is 0 Å². The van der Waals surface area contributed by atoms with E-state index in [2.05, 4.69) is 0 Å². The summed E-state index contributed by atoms with van der Waals surface area (Å²) in [6, 6.07) is 7.14. The molecule has 0 amide bonds. The Morgan fingerprint density at radius 1 is 1.46 bits per heavy atom. The van der Waals surface area contributed by atoms with Crippen LogP contribution in [-0.2, 0) is 4.79 Å². The zero-order valence-electron chi connectivity index (χ0n) is 7.95. The molecule has 1 aromatic carbocycles. The Hall–Kier alpha value is -1.31. The lowest BCUT2D eigenvalue weighted by Crippen LogP contribution is -2.00. The van der Waals surface area contributed by atoms with Crippen LogP contribution in [0.3, 0.4) is 0 Å². The molecule has 0 heterocycles. The highest BCUT2D eigenvalue weighted by atomic mass is 16.3. The van der Waals surface area contributed by atoms with Crippen LogP contribution in [0.15, 0.2) is 24.3 Å². The molecular weight excluding hydrogens is 164 g/mol. The van der Waals surface area contributed by atoms with Crippen molar-refractivity contribution in [1.29, 1.82) is 0 Å². The number of phenols is 1. The van der Waals surface area contributed by atoms with Gasteiger partial charge in [0.2, 0.25) is 0 Å². The number of aromatic hydroxyl groups is 1. The Bertz CT molecular complexity index is 305. The van der Waals surface area contributed by atoms with E-state index in [0.29, 0.717) is 6.42 Å². The second kappa shape index (κ2) is 4.08. The van der Waals surface area contributed by atoms with Gasteiger partial charge in [-0.2, -0.15) is 0 Å². The Balaban J connectivity index is 2.82. The van der Waals surface area contributed by atoms with E-state index < -0.39 is 0 Å². The van der Waals surface area contributed by atoms with Crippen molar-refractivity contribution >= 4 is 5.78 Å². The summed E-state index contributed by atoms with van der Waals surface area (Å²) in [4.78, 5) is 10.9. The molecule has 0 saturated heterocycles. The van der Waals surface area contributed by atoms with Gasteiger partial charge in [-0.05, 0) is 24.5 Å². The molecular formula is C11H14O2. The largest absolute Gasteiger partial charge is 0.508 e. The molecule has 0 spiro atoms. The summed E-state index contributed by atoms with van der Waals surface area (Å²) in [5.41, 5.74) is 0.845. The number of ketones is 1. The fourth-order valence-corrected chi connectivity index (χ4v) is 1.45. The van der Waals surface area contributed by atoms with Gasteiger partial charge in [0.15, 0.2) is 0 Å². The number of carbonyl (C=O) groups is 1. The molecule has 0 saturated carbocycles. The molecule has 0 aromatic heterocycles. The maximum atomic E-state index is 10.9. The van der Waals surface area contributed by atoms with Crippen molar-refractivity contribution in [2.45, 2.75) is 26.2 Å². The SMILES string of the molecule is CC(=O)C[C@H](C)c1ccccc1O. The third kappa shape index (κ3) is 2.58. The molecule has 0 bridgehead atoms. The molecule has 1 N–H and O–H groups in total. The minimum absolute atomic E-state index is 0.0960. The highest BCUT2D eigenvalue weighted by molar-refractivity contribution is 5.76. The zero-order valence-corrected chi connectivity index (χ0v) is 7.95. The summed E-state index contributed by atoms with van der Waals surface area (Å²) < 4.78 is 0. The zero-order chi connectivity index (χ0) is 9.84. The first-order chi connectivity index (χ1) is 6.11. The molecule has 0 aliphatic rings. The summed E-state index contributed by atoms with van der Waals surface area (Å²) in [7, 11) is 0. The molecule has 1 atom stereocenters. The number of Topliss-reactive ketones (excluding diaryl/α,β-unsaturated/α-hetero) is 1. The summed E-state index contributed by atoms with van der Waals surface area (Å²) in [6.07, 6.45) is 0.484. The standard InChI is InChI=1S/C11H14O2/c1-8(7-9(2)12)10-5-3-4-6-11(10)13/h3-6,8,13H,7H2,1-2H3/t8-/m0/s1. The first kappa shape index (κ1) is 9.78. The quantitative estimate of drug-likeness (QED) is 0.772. The van der Waals surface area contributed by atoms with E-state index >= 15 is 0 Å². The molecule has 0 fully saturated rings. The Morgan fingerprint density at radius 3 is 2.62 bits per heavy atom. The summed E-state index contributed by atoms with van der Waals surface area (Å²) >= 11 is 0. The van der Waals surface area contributed by atoms with Crippen molar-refractivity contribution < 1.29 is 9.90 Å². The fourth-order valence-electron chi connectivity index (χ4n) is 1.45. The third-order valence-electron chi connectivity index (χ3n) is 2.06. The van der Waals surface area contributed by atoms with Gasteiger partial charge in [-0.3, -0.25) is 0 Å². The van der Waals surface area contributed by atoms with E-state index in [1.54, 1.807) is 19.1 Å². The topological polar surface area (TPSA) is 37.3 Å². The van der Waals surface area contributed by atoms with E-state index in [9.17, 15) is 9.90 Å². The lowest BCUT2D eigenvalue weighted by atomic mass is 9.95. The van der Waals surface area contributed by atoms with Crippen molar-refractivity contribution in [3.8, 4) is 5.75 Å². The molecule has 0 aliphatic heterocycles. The fraction of sp³-hybridized carbons (Fsp3) is 0.364.